The zero-order chi connectivity index (χ0) is 23.1. The van der Waals surface area contributed by atoms with E-state index in [9.17, 15) is 13.0 Å². The van der Waals surface area contributed by atoms with Gasteiger partial charge >= 0.3 is 0 Å². The van der Waals surface area contributed by atoms with E-state index in [1.54, 1.807) is 29.9 Å². The van der Waals surface area contributed by atoms with Gasteiger partial charge in [-0.3, -0.25) is 4.21 Å². The molecule has 0 aliphatic heterocycles. The second-order valence-electron chi connectivity index (χ2n) is 6.92. The van der Waals surface area contributed by atoms with Crippen LogP contribution in [0, 0.1) is 11.6 Å². The summed E-state index contributed by atoms with van der Waals surface area (Å²) in [5.41, 5.74) is 1.41. The predicted octanol–water partition coefficient (Wildman–Crippen LogP) is 3.25. The fourth-order valence-electron chi connectivity index (χ4n) is 3.13. The van der Waals surface area contributed by atoms with Gasteiger partial charge in [-0.2, -0.15) is 0 Å². The number of nitrogens with zero attached hydrogens (tertiary/aromatic N) is 7. The predicted molar refractivity (Wildman–Crippen MR) is 116 cm³/mol. The monoisotopic (exact) mass is 468 g/mol. The Morgan fingerprint density at radius 1 is 1.03 bits per heavy atom. The van der Waals surface area contributed by atoms with Gasteiger partial charge in [-0.15, -0.1) is 5.10 Å². The molecule has 33 heavy (non-hydrogen) atoms. The van der Waals surface area contributed by atoms with Crippen molar-refractivity contribution in [2.75, 3.05) is 11.6 Å². The van der Waals surface area contributed by atoms with Crippen LogP contribution in [0.5, 0.6) is 11.5 Å². The summed E-state index contributed by atoms with van der Waals surface area (Å²) in [7, 11) is 0.293. The third-order valence-electron chi connectivity index (χ3n) is 4.69. The van der Waals surface area contributed by atoms with Crippen molar-refractivity contribution in [2.45, 2.75) is 5.16 Å². The summed E-state index contributed by atoms with van der Waals surface area (Å²) in [4.78, 5) is 16.1. The van der Waals surface area contributed by atoms with Crippen molar-refractivity contribution in [2.24, 2.45) is 7.05 Å². The number of fused-ring (bicyclic) bond motifs is 2. The first-order chi connectivity index (χ1) is 15.9. The lowest BCUT2D eigenvalue weighted by atomic mass is 10.2. The van der Waals surface area contributed by atoms with E-state index >= 15 is 0 Å². The van der Waals surface area contributed by atoms with Gasteiger partial charge in [0, 0.05) is 31.5 Å². The Morgan fingerprint density at radius 2 is 1.82 bits per heavy atom. The zero-order valence-electron chi connectivity index (χ0n) is 17.2. The van der Waals surface area contributed by atoms with Crippen molar-refractivity contribution >= 4 is 44.4 Å². The highest BCUT2D eigenvalue weighted by Crippen LogP contribution is 2.32. The van der Waals surface area contributed by atoms with Gasteiger partial charge in [0.2, 0.25) is 5.16 Å². The fourth-order valence-corrected chi connectivity index (χ4v) is 3.56. The minimum atomic E-state index is -1.46. The molecule has 0 aliphatic rings. The van der Waals surface area contributed by atoms with Crippen LogP contribution in [-0.2, 0) is 17.8 Å². The smallest absolute Gasteiger partial charge is 0.218 e. The lowest BCUT2D eigenvalue weighted by molar-refractivity contribution is 0.470. The number of halogens is 2. The molecule has 1 N–H and O–H groups in total. The molecule has 0 spiro atoms. The molecule has 0 bridgehead atoms. The van der Waals surface area contributed by atoms with E-state index in [0.717, 1.165) is 17.6 Å². The summed E-state index contributed by atoms with van der Waals surface area (Å²) >= 11 is 0. The molecule has 0 saturated carbocycles. The molecular weight excluding hydrogens is 454 g/mol. The van der Waals surface area contributed by atoms with Crippen LogP contribution in [0.1, 0.15) is 0 Å². The summed E-state index contributed by atoms with van der Waals surface area (Å²) in [6.07, 6.45) is 3.98. The highest BCUT2D eigenvalue weighted by Gasteiger charge is 2.17. The summed E-state index contributed by atoms with van der Waals surface area (Å²) in [6, 6.07) is 7.09. The first-order valence-electron chi connectivity index (χ1n) is 9.43. The number of aryl methyl sites for hydroxylation is 1. The normalized spacial score (nSPS) is 12.2. The average Bonchev–Trinajstić information content (AvgIpc) is 3.16. The summed E-state index contributed by atoms with van der Waals surface area (Å²) in [5.74, 6) is -1.48. The molecular formula is C20H14F2N8O2S. The number of aromatic nitrogens is 7. The molecule has 3 heterocycles. The first kappa shape index (κ1) is 20.8. The van der Waals surface area contributed by atoms with Crippen LogP contribution >= 0.6 is 0 Å². The molecule has 3 aromatic heterocycles. The van der Waals surface area contributed by atoms with Crippen molar-refractivity contribution in [3.05, 3.63) is 54.5 Å². The minimum absolute atomic E-state index is 0.0358. The highest BCUT2D eigenvalue weighted by molar-refractivity contribution is 7.84. The highest BCUT2D eigenvalue weighted by atomic mass is 32.2. The molecule has 1 atom stereocenters. The maximum absolute atomic E-state index is 14.8. The van der Waals surface area contributed by atoms with E-state index in [0.29, 0.717) is 16.8 Å². The van der Waals surface area contributed by atoms with E-state index in [1.165, 1.54) is 18.8 Å². The minimum Gasteiger partial charge on any atom is -0.457 e. The van der Waals surface area contributed by atoms with Crippen molar-refractivity contribution in [3.63, 3.8) is 0 Å². The maximum Gasteiger partial charge on any atom is 0.218 e. The van der Waals surface area contributed by atoms with Crippen molar-refractivity contribution in [1.29, 1.82) is 0 Å². The Labute approximate surface area is 187 Å². The van der Waals surface area contributed by atoms with Crippen molar-refractivity contribution < 1.29 is 17.7 Å². The van der Waals surface area contributed by atoms with Crippen LogP contribution in [-0.4, -0.2) is 45.4 Å². The third kappa shape index (κ3) is 3.93. The molecule has 0 saturated heterocycles. The third-order valence-corrected chi connectivity index (χ3v) is 5.40. The zero-order valence-corrected chi connectivity index (χ0v) is 18.0. The van der Waals surface area contributed by atoms with Gasteiger partial charge in [0.1, 0.15) is 40.1 Å². The Hall–Kier alpha value is -4.13. The van der Waals surface area contributed by atoms with Gasteiger partial charge in [0.15, 0.2) is 17.5 Å². The van der Waals surface area contributed by atoms with E-state index in [1.807, 2.05) is 0 Å². The van der Waals surface area contributed by atoms with Crippen LogP contribution in [0.25, 0.3) is 22.1 Å². The molecule has 13 heteroatoms. The second-order valence-corrected chi connectivity index (χ2v) is 8.19. The second kappa shape index (κ2) is 8.09. The molecule has 0 aliphatic carbocycles. The van der Waals surface area contributed by atoms with Gasteiger partial charge in [-0.05, 0) is 12.1 Å². The number of ether oxygens (including phenoxy) is 1. The molecule has 10 nitrogen and oxygen atoms in total. The molecule has 0 fully saturated rings. The van der Waals surface area contributed by atoms with E-state index in [2.05, 4.69) is 35.6 Å². The Bertz CT molecular complexity index is 1540. The molecule has 1 unspecified atom stereocenters. The average molecular weight is 468 g/mol. The van der Waals surface area contributed by atoms with E-state index in [4.69, 9.17) is 4.74 Å². The number of anilines is 2. The molecule has 0 radical (unpaired) electrons. The Balaban J connectivity index is 1.46. The number of rotatable bonds is 5. The van der Waals surface area contributed by atoms with Crippen LogP contribution in [0.2, 0.25) is 0 Å². The maximum atomic E-state index is 14.8. The van der Waals surface area contributed by atoms with Crippen LogP contribution < -0.4 is 10.1 Å². The molecule has 166 valence electrons. The van der Waals surface area contributed by atoms with E-state index in [-0.39, 0.29) is 22.2 Å². The number of hydrogen-bond donors (Lipinski definition) is 1. The molecule has 5 aromatic rings. The van der Waals surface area contributed by atoms with Gasteiger partial charge in [-0.1, -0.05) is 5.21 Å². The van der Waals surface area contributed by atoms with Crippen molar-refractivity contribution in [1.82, 2.24) is 34.9 Å². The fraction of sp³-hybridized carbons (Fsp3) is 0.100. The SMILES string of the molecule is Cn1nnc2cc(Oc3cc(F)c(Nc4ncnc5cnc(S(C)=O)nc45)c(F)c3)ccc21. The Kier molecular flexibility index (Phi) is 5.09. The number of benzene rings is 2. The largest absolute Gasteiger partial charge is 0.457 e. The number of hydrogen-bond acceptors (Lipinski definition) is 9. The summed E-state index contributed by atoms with van der Waals surface area (Å²) in [6.45, 7) is 0. The molecule has 0 amide bonds. The van der Waals surface area contributed by atoms with Gasteiger partial charge in [-0.25, -0.2) is 33.4 Å². The van der Waals surface area contributed by atoms with E-state index < -0.39 is 28.1 Å². The van der Waals surface area contributed by atoms with Gasteiger partial charge < -0.3 is 10.1 Å². The van der Waals surface area contributed by atoms with Crippen LogP contribution in [0.15, 0.2) is 48.0 Å². The molecule has 5 rings (SSSR count). The van der Waals surface area contributed by atoms with Crippen molar-refractivity contribution in [3.8, 4) is 11.5 Å². The van der Waals surface area contributed by atoms with Crippen LogP contribution in [0.4, 0.5) is 20.3 Å². The standard InChI is InChI=1S/C20H14F2N8O2S/c1-30-16-4-3-10(7-14(16)28-29-30)32-11-5-12(21)17(13(22)6-11)26-19-18-15(24-9-25-19)8-23-20(27-18)33(2)31/h3-9H,1-2H3,(H,24,25,26). The lowest BCUT2D eigenvalue weighted by Gasteiger charge is -2.12. The topological polar surface area (TPSA) is 121 Å². The quantitative estimate of drug-likeness (QED) is 0.388. The summed E-state index contributed by atoms with van der Waals surface area (Å²) in [5, 5.41) is 10.5. The van der Waals surface area contributed by atoms with Gasteiger partial charge in [0.05, 0.1) is 22.5 Å². The van der Waals surface area contributed by atoms with Crippen LogP contribution in [0.3, 0.4) is 0 Å². The Morgan fingerprint density at radius 3 is 2.58 bits per heavy atom. The summed E-state index contributed by atoms with van der Waals surface area (Å²) < 4.78 is 48.6. The lowest BCUT2D eigenvalue weighted by Crippen LogP contribution is -2.04. The number of nitrogens with one attached hydrogen (secondary N) is 1. The first-order valence-corrected chi connectivity index (χ1v) is 11.0. The van der Waals surface area contributed by atoms with Gasteiger partial charge in [0.25, 0.3) is 0 Å². The molecule has 2 aromatic carbocycles.